The minimum Gasteiger partial charge on any atom is -0.493 e. The van der Waals surface area contributed by atoms with Crippen LogP contribution in [0.3, 0.4) is 0 Å². The summed E-state index contributed by atoms with van der Waals surface area (Å²) in [6, 6.07) is 15.4. The first-order valence-electron chi connectivity index (χ1n) is 15.1. The lowest BCUT2D eigenvalue weighted by Crippen LogP contribution is -2.58. The van der Waals surface area contributed by atoms with E-state index in [4.69, 9.17) is 43.4 Å². The quantitative estimate of drug-likeness (QED) is 0.275. The highest BCUT2D eigenvalue weighted by molar-refractivity contribution is 6.30. The molecule has 14 heteroatoms. The molecule has 2 N–H and O–H groups in total. The number of hydrogen-bond donors (Lipinski definition) is 1. The van der Waals surface area contributed by atoms with E-state index in [1.807, 2.05) is 0 Å². The van der Waals surface area contributed by atoms with E-state index in [9.17, 15) is 22.8 Å². The molecular formula is C33H34Cl2F3N5O4. The Bertz CT molecular complexity index is 1610. The van der Waals surface area contributed by atoms with Gasteiger partial charge in [-0.05, 0) is 67.4 Å². The molecular weight excluding hydrogens is 658 g/mol. The molecule has 9 nitrogen and oxygen atoms in total. The maximum atomic E-state index is 14.7. The Hall–Kier alpha value is -3.84. The molecule has 0 saturated carbocycles. The Labute approximate surface area is 280 Å². The first kappa shape index (κ1) is 34.5. The van der Waals surface area contributed by atoms with Gasteiger partial charge in [-0.25, -0.2) is 4.79 Å². The Kier molecular flexibility index (Phi) is 10.6. The fourth-order valence-corrected chi connectivity index (χ4v) is 6.09. The van der Waals surface area contributed by atoms with Crippen molar-refractivity contribution in [2.75, 3.05) is 39.4 Å². The van der Waals surface area contributed by atoms with Crippen molar-refractivity contribution in [1.29, 1.82) is 0 Å². The molecule has 0 bridgehead atoms. The number of nitrogens with two attached hydrogens (primary N) is 1. The molecule has 3 unspecified atom stereocenters. The third-order valence-corrected chi connectivity index (χ3v) is 8.53. The number of piperazine rings is 1. The van der Waals surface area contributed by atoms with Gasteiger partial charge in [0.05, 0.1) is 23.8 Å². The van der Waals surface area contributed by atoms with Gasteiger partial charge < -0.3 is 20.1 Å². The Morgan fingerprint density at radius 2 is 1.51 bits per heavy atom. The molecule has 0 radical (unpaired) electrons. The van der Waals surface area contributed by atoms with Crippen LogP contribution in [0.25, 0.3) is 0 Å². The molecule has 3 amide bonds. The number of hydrogen-bond acceptors (Lipinski definition) is 6. The summed E-state index contributed by atoms with van der Waals surface area (Å²) < 4.78 is 52.6. The maximum Gasteiger partial charge on any atom is 0.416 e. The monoisotopic (exact) mass is 691 g/mol. The van der Waals surface area contributed by atoms with E-state index in [0.717, 1.165) is 17.7 Å². The van der Waals surface area contributed by atoms with Crippen molar-refractivity contribution in [2.24, 2.45) is 10.7 Å². The maximum absolute atomic E-state index is 14.7. The summed E-state index contributed by atoms with van der Waals surface area (Å²) in [7, 11) is 0. The lowest BCUT2D eigenvalue weighted by Gasteiger charge is -2.40. The van der Waals surface area contributed by atoms with Crippen molar-refractivity contribution < 1.29 is 32.2 Å². The minimum absolute atomic E-state index is 0.0590. The van der Waals surface area contributed by atoms with Crippen LogP contribution >= 0.6 is 23.2 Å². The van der Waals surface area contributed by atoms with Gasteiger partial charge in [-0.15, -0.1) is 0 Å². The number of alkyl halides is 3. The number of halogens is 5. The Morgan fingerprint density at radius 3 is 2.04 bits per heavy atom. The largest absolute Gasteiger partial charge is 0.493 e. The summed E-state index contributed by atoms with van der Waals surface area (Å²) in [6.07, 6.45) is -5.54. The molecule has 1 fully saturated rings. The molecule has 3 aromatic rings. The van der Waals surface area contributed by atoms with Crippen LogP contribution in [-0.4, -0.2) is 78.1 Å². The zero-order valence-electron chi connectivity index (χ0n) is 25.7. The van der Waals surface area contributed by atoms with Crippen LogP contribution in [0, 0.1) is 0 Å². The number of rotatable bonds is 9. The van der Waals surface area contributed by atoms with E-state index >= 15 is 0 Å². The van der Waals surface area contributed by atoms with E-state index in [-0.39, 0.29) is 43.5 Å². The SMILES string of the molecule is CCOc1cc(C(F)(F)F)ccc1C1=NC(c2ccc(Cl)cc2)C(c2ccc(Cl)cc2)N1C(=O)N1CCN(C(OCC)C(N)=O)CC1. The number of primary amides is 1. The van der Waals surface area contributed by atoms with Crippen LogP contribution in [0.4, 0.5) is 18.0 Å². The van der Waals surface area contributed by atoms with Crippen LogP contribution in [0.5, 0.6) is 5.75 Å². The van der Waals surface area contributed by atoms with Crippen LogP contribution in [0.15, 0.2) is 71.7 Å². The van der Waals surface area contributed by atoms with Gasteiger partial charge in [-0.2, -0.15) is 13.2 Å². The molecule has 5 rings (SSSR count). The molecule has 0 spiro atoms. The minimum atomic E-state index is -4.61. The van der Waals surface area contributed by atoms with E-state index in [2.05, 4.69) is 0 Å². The van der Waals surface area contributed by atoms with Gasteiger partial charge in [0, 0.05) is 42.8 Å². The fraction of sp³-hybridized carbons (Fsp3) is 0.364. The second kappa shape index (κ2) is 14.5. The van der Waals surface area contributed by atoms with Crippen molar-refractivity contribution in [2.45, 2.75) is 38.3 Å². The van der Waals surface area contributed by atoms with Crippen molar-refractivity contribution in [3.8, 4) is 5.75 Å². The average molecular weight is 693 g/mol. The van der Waals surface area contributed by atoms with Gasteiger partial charge in [0.15, 0.2) is 6.23 Å². The highest BCUT2D eigenvalue weighted by Gasteiger charge is 2.45. The molecule has 250 valence electrons. The fourth-order valence-electron chi connectivity index (χ4n) is 5.84. The topological polar surface area (TPSA) is 101 Å². The number of urea groups is 1. The Morgan fingerprint density at radius 1 is 0.915 bits per heavy atom. The van der Waals surface area contributed by atoms with E-state index in [0.29, 0.717) is 28.7 Å². The average Bonchev–Trinajstić information content (AvgIpc) is 3.44. The van der Waals surface area contributed by atoms with Gasteiger partial charge >= 0.3 is 12.2 Å². The molecule has 2 aliphatic heterocycles. The summed E-state index contributed by atoms with van der Waals surface area (Å²) in [5.41, 5.74) is 6.35. The van der Waals surface area contributed by atoms with Gasteiger partial charge in [0.2, 0.25) is 0 Å². The van der Waals surface area contributed by atoms with Crippen LogP contribution in [0.1, 0.15) is 48.2 Å². The number of carbonyl (C=O) groups excluding carboxylic acids is 2. The van der Waals surface area contributed by atoms with E-state index in [1.54, 1.807) is 72.2 Å². The van der Waals surface area contributed by atoms with Crippen molar-refractivity contribution >= 4 is 41.0 Å². The predicted octanol–water partition coefficient (Wildman–Crippen LogP) is 6.54. The predicted molar refractivity (Wildman–Crippen MR) is 173 cm³/mol. The highest BCUT2D eigenvalue weighted by Crippen LogP contribution is 2.46. The van der Waals surface area contributed by atoms with Gasteiger partial charge in [0.25, 0.3) is 5.91 Å². The van der Waals surface area contributed by atoms with Gasteiger partial charge in [-0.1, -0.05) is 47.5 Å². The van der Waals surface area contributed by atoms with Crippen molar-refractivity contribution in [1.82, 2.24) is 14.7 Å². The Balaban J connectivity index is 1.61. The van der Waals surface area contributed by atoms with E-state index in [1.165, 1.54) is 11.0 Å². The molecule has 0 aromatic heterocycles. The number of aliphatic imine (C=N–C) groups is 1. The molecule has 3 aromatic carbocycles. The summed E-state index contributed by atoms with van der Waals surface area (Å²) in [5, 5.41) is 0.997. The molecule has 2 aliphatic rings. The number of ether oxygens (including phenoxy) is 2. The van der Waals surface area contributed by atoms with Crippen LogP contribution < -0.4 is 10.5 Å². The van der Waals surface area contributed by atoms with Gasteiger partial charge in [0.1, 0.15) is 17.6 Å². The summed E-state index contributed by atoms with van der Waals surface area (Å²) in [4.78, 5) is 36.6. The van der Waals surface area contributed by atoms with Crippen LogP contribution in [0.2, 0.25) is 10.0 Å². The highest BCUT2D eigenvalue weighted by atomic mass is 35.5. The summed E-state index contributed by atoms with van der Waals surface area (Å²) in [5.74, 6) is -0.532. The molecule has 3 atom stereocenters. The standard InChI is InChI=1S/C33H34Cl2F3N5O4/c1-3-46-26-19-22(33(36,37)38)9-14-25(26)30-40-27(20-5-10-23(34)11-6-20)28(21-7-12-24(35)13-8-21)43(30)32(45)42-17-15-41(16-18-42)31(29(39)44)47-4-2/h5-14,19,27-28,31H,3-4,15-18H2,1-2H3,(H2,39,44). The normalized spacial score (nSPS) is 19.4. The number of amidine groups is 1. The number of nitrogens with zero attached hydrogens (tertiary/aromatic N) is 4. The third kappa shape index (κ3) is 7.51. The third-order valence-electron chi connectivity index (χ3n) is 8.03. The van der Waals surface area contributed by atoms with Gasteiger partial charge in [-0.3, -0.25) is 19.6 Å². The molecule has 0 aliphatic carbocycles. The summed E-state index contributed by atoms with van der Waals surface area (Å²) >= 11 is 12.4. The van der Waals surface area contributed by atoms with E-state index < -0.39 is 42.0 Å². The zero-order valence-corrected chi connectivity index (χ0v) is 27.2. The molecule has 47 heavy (non-hydrogen) atoms. The lowest BCUT2D eigenvalue weighted by atomic mass is 9.93. The number of benzene rings is 3. The second-order valence-corrected chi connectivity index (χ2v) is 11.8. The van der Waals surface area contributed by atoms with Crippen molar-refractivity contribution in [3.63, 3.8) is 0 Å². The first-order valence-corrected chi connectivity index (χ1v) is 15.8. The molecule has 1 saturated heterocycles. The number of carbonyl (C=O) groups is 2. The first-order chi connectivity index (χ1) is 22.4. The lowest BCUT2D eigenvalue weighted by molar-refractivity contribution is -0.144. The van der Waals surface area contributed by atoms with Crippen LogP contribution in [-0.2, 0) is 15.7 Å². The summed E-state index contributed by atoms with van der Waals surface area (Å²) in [6.45, 7) is 4.84. The second-order valence-electron chi connectivity index (χ2n) is 11.0. The smallest absolute Gasteiger partial charge is 0.416 e. The number of amides is 3. The zero-order chi connectivity index (χ0) is 33.9. The van der Waals surface area contributed by atoms with Crippen molar-refractivity contribution in [3.05, 3.63) is 99.0 Å². The molecule has 2 heterocycles.